The van der Waals surface area contributed by atoms with E-state index in [1.807, 2.05) is 0 Å². The van der Waals surface area contributed by atoms with Crippen molar-refractivity contribution in [3.8, 4) is 22.3 Å². The maximum Gasteiger partial charge on any atom is 0.152 e. The summed E-state index contributed by atoms with van der Waals surface area (Å²) in [4.78, 5) is 0. The highest BCUT2D eigenvalue weighted by Gasteiger charge is 2.45. The Morgan fingerprint density at radius 3 is 1.95 bits per heavy atom. The van der Waals surface area contributed by atoms with Crippen molar-refractivity contribution in [1.29, 1.82) is 0 Å². The van der Waals surface area contributed by atoms with Crippen molar-refractivity contribution in [3.05, 3.63) is 199 Å². The SMILES string of the molecule is C1=CC(c2cccc(-c3ccc(C4C(n5c6ccc7ccccc7c6c6c7ccccc7c(-c7ccccc7)cc65)n5c6ccccc6n54)cc3)c2)=CCC1. The number of rotatable bonds is 5. The smallest absolute Gasteiger partial charge is 0.152 e. The van der Waals surface area contributed by atoms with Crippen molar-refractivity contribution in [3.63, 3.8) is 0 Å². The van der Waals surface area contributed by atoms with Crippen molar-refractivity contribution >= 4 is 60.0 Å². The molecule has 55 heavy (non-hydrogen) atoms. The van der Waals surface area contributed by atoms with E-state index in [0.29, 0.717) is 0 Å². The van der Waals surface area contributed by atoms with Crippen LogP contribution in [0.2, 0.25) is 0 Å². The minimum absolute atomic E-state index is 0.0417. The zero-order valence-corrected chi connectivity index (χ0v) is 30.3. The second kappa shape index (κ2) is 11.8. The fraction of sp³-hybridized carbons (Fsp3) is 0.0769. The van der Waals surface area contributed by atoms with Gasteiger partial charge in [0.2, 0.25) is 0 Å². The molecule has 0 bridgehead atoms. The van der Waals surface area contributed by atoms with Crippen LogP contribution in [0.3, 0.4) is 0 Å². The molecule has 2 atom stereocenters. The average Bonchev–Trinajstić information content (AvgIpc) is 3.58. The average molecular weight is 704 g/mol. The monoisotopic (exact) mass is 703 g/mol. The molecular formula is C52H37N3. The van der Waals surface area contributed by atoms with E-state index in [4.69, 9.17) is 0 Å². The Morgan fingerprint density at radius 1 is 0.436 bits per heavy atom. The fourth-order valence-corrected chi connectivity index (χ4v) is 9.73. The summed E-state index contributed by atoms with van der Waals surface area (Å²) < 4.78 is 7.69. The number of hydrogen-bond donors (Lipinski definition) is 0. The second-order valence-corrected chi connectivity index (χ2v) is 15.2. The minimum Gasteiger partial charge on any atom is -0.315 e. The van der Waals surface area contributed by atoms with Crippen LogP contribution < -0.4 is 0 Å². The first kappa shape index (κ1) is 30.6. The van der Waals surface area contributed by atoms with Gasteiger partial charge in [0.15, 0.2) is 6.17 Å². The molecule has 3 nitrogen and oxygen atoms in total. The van der Waals surface area contributed by atoms with Gasteiger partial charge in [0.1, 0.15) is 6.04 Å². The number of aromatic nitrogens is 3. The molecule has 0 radical (unpaired) electrons. The molecule has 8 aromatic carbocycles. The normalized spacial score (nSPS) is 16.6. The summed E-state index contributed by atoms with van der Waals surface area (Å²) in [7, 11) is 0. The maximum atomic E-state index is 2.66. The third-order valence-electron chi connectivity index (χ3n) is 12.2. The summed E-state index contributed by atoms with van der Waals surface area (Å²) in [6, 6.07) is 63.3. The van der Waals surface area contributed by atoms with Crippen LogP contribution in [0.5, 0.6) is 0 Å². The molecule has 12 rings (SSSR count). The number of hydrogen-bond acceptors (Lipinski definition) is 0. The van der Waals surface area contributed by atoms with E-state index >= 15 is 0 Å². The lowest BCUT2D eigenvalue weighted by Crippen LogP contribution is -2.49. The van der Waals surface area contributed by atoms with E-state index < -0.39 is 0 Å². The Bertz CT molecular complexity index is 3200. The highest BCUT2D eigenvalue weighted by atomic mass is 15.6. The highest BCUT2D eigenvalue weighted by Crippen LogP contribution is 2.52. The van der Waals surface area contributed by atoms with E-state index in [9.17, 15) is 0 Å². The standard InChI is InChI=1S/C52H37N3/c1-3-14-34(15-4-1)39-19-13-20-40(32-39)35-26-28-38(29-27-35)51-52(55-46-25-12-11-24-45(46)54(51)55)53-47-31-30-37-18-7-8-21-41(37)49(47)50-43-23-10-9-22-42(43)44(33-48(50)53)36-16-5-2-6-17-36/h2-3,5-33,51-52H,1,4H2. The van der Waals surface area contributed by atoms with Crippen LogP contribution in [-0.2, 0) is 0 Å². The molecule has 10 aromatic rings. The first-order valence-electron chi connectivity index (χ1n) is 19.5. The quantitative estimate of drug-likeness (QED) is 0.170. The summed E-state index contributed by atoms with van der Waals surface area (Å²) in [5.41, 5.74) is 14.0. The van der Waals surface area contributed by atoms with Crippen LogP contribution in [0, 0.1) is 0 Å². The molecule has 3 heterocycles. The molecule has 0 amide bonds. The van der Waals surface area contributed by atoms with E-state index in [2.05, 4.69) is 202 Å². The lowest BCUT2D eigenvalue weighted by Gasteiger charge is -2.50. The summed E-state index contributed by atoms with van der Waals surface area (Å²) >= 11 is 0. The van der Waals surface area contributed by atoms with Crippen molar-refractivity contribution in [1.82, 2.24) is 13.9 Å². The number of nitrogens with zero attached hydrogens (tertiary/aromatic N) is 3. The minimum atomic E-state index is 0.0417. The molecule has 2 aromatic heterocycles. The molecule has 2 aliphatic rings. The largest absolute Gasteiger partial charge is 0.315 e. The molecule has 0 N–H and O–H groups in total. The van der Waals surface area contributed by atoms with Crippen LogP contribution in [-0.4, -0.2) is 13.9 Å². The van der Waals surface area contributed by atoms with Gasteiger partial charge in [0.05, 0.1) is 22.1 Å². The molecule has 0 saturated carbocycles. The molecule has 0 saturated heterocycles. The molecule has 1 aliphatic heterocycles. The van der Waals surface area contributed by atoms with Crippen molar-refractivity contribution < 1.29 is 0 Å². The zero-order valence-electron chi connectivity index (χ0n) is 30.3. The number of allylic oxidation sites excluding steroid dienone is 4. The maximum absolute atomic E-state index is 2.66. The Morgan fingerprint density at radius 2 is 1.13 bits per heavy atom. The van der Waals surface area contributed by atoms with Gasteiger partial charge >= 0.3 is 0 Å². The first-order valence-corrected chi connectivity index (χ1v) is 19.5. The molecule has 0 spiro atoms. The second-order valence-electron chi connectivity index (χ2n) is 15.2. The summed E-state index contributed by atoms with van der Waals surface area (Å²) in [5.74, 6) is 0. The van der Waals surface area contributed by atoms with Gasteiger partial charge in [0, 0.05) is 10.8 Å². The summed E-state index contributed by atoms with van der Waals surface area (Å²) in [5, 5.41) is 7.79. The van der Waals surface area contributed by atoms with Gasteiger partial charge in [0.25, 0.3) is 0 Å². The van der Waals surface area contributed by atoms with Crippen LogP contribution in [0.25, 0.3) is 82.2 Å². The van der Waals surface area contributed by atoms with Crippen molar-refractivity contribution in [2.24, 2.45) is 0 Å². The van der Waals surface area contributed by atoms with Gasteiger partial charge in [-0.15, -0.1) is 0 Å². The van der Waals surface area contributed by atoms with Crippen LogP contribution in [0.4, 0.5) is 0 Å². The Hall–Kier alpha value is -6.84. The van der Waals surface area contributed by atoms with Gasteiger partial charge in [-0.05, 0) is 104 Å². The van der Waals surface area contributed by atoms with Crippen LogP contribution >= 0.6 is 0 Å². The Labute approximate surface area is 319 Å². The van der Waals surface area contributed by atoms with Gasteiger partial charge in [-0.25, -0.2) is 0 Å². The summed E-state index contributed by atoms with van der Waals surface area (Å²) in [6.07, 6.45) is 9.19. The van der Waals surface area contributed by atoms with E-state index in [-0.39, 0.29) is 12.2 Å². The third kappa shape index (κ3) is 4.44. The molecule has 3 heteroatoms. The van der Waals surface area contributed by atoms with E-state index in [0.717, 1.165) is 12.8 Å². The number of benzene rings is 8. The predicted molar refractivity (Wildman–Crippen MR) is 231 cm³/mol. The van der Waals surface area contributed by atoms with Crippen LogP contribution in [0.1, 0.15) is 36.2 Å². The number of fused-ring (bicyclic) bond motifs is 11. The fourth-order valence-electron chi connectivity index (χ4n) is 9.73. The molecule has 0 fully saturated rings. The van der Waals surface area contributed by atoms with Gasteiger partial charge < -0.3 is 4.57 Å². The Kier molecular flexibility index (Phi) is 6.58. The third-order valence-corrected chi connectivity index (χ3v) is 12.2. The molecule has 260 valence electrons. The molecule has 2 unspecified atom stereocenters. The van der Waals surface area contributed by atoms with Crippen molar-refractivity contribution in [2.75, 3.05) is 0 Å². The van der Waals surface area contributed by atoms with Gasteiger partial charge in [-0.3, -0.25) is 9.36 Å². The Balaban J connectivity index is 1.09. The first-order chi connectivity index (χ1) is 27.3. The van der Waals surface area contributed by atoms with Crippen molar-refractivity contribution in [2.45, 2.75) is 25.0 Å². The van der Waals surface area contributed by atoms with Crippen LogP contribution in [0.15, 0.2) is 188 Å². The number of para-hydroxylation sites is 2. The molecular weight excluding hydrogens is 667 g/mol. The summed E-state index contributed by atoms with van der Waals surface area (Å²) in [6.45, 7) is 0. The zero-order chi connectivity index (χ0) is 36.0. The van der Waals surface area contributed by atoms with Gasteiger partial charge in [-0.1, -0.05) is 158 Å². The van der Waals surface area contributed by atoms with E-state index in [1.54, 1.807) is 0 Å². The lowest BCUT2D eigenvalue weighted by molar-refractivity contribution is 0.145. The highest BCUT2D eigenvalue weighted by molar-refractivity contribution is 6.29. The van der Waals surface area contributed by atoms with E-state index in [1.165, 1.54) is 93.3 Å². The van der Waals surface area contributed by atoms with Gasteiger partial charge in [-0.2, -0.15) is 0 Å². The lowest BCUT2D eigenvalue weighted by atomic mass is 9.93. The molecule has 1 aliphatic carbocycles. The predicted octanol–water partition coefficient (Wildman–Crippen LogP) is 13.6. The topological polar surface area (TPSA) is 14.8 Å².